The van der Waals surface area contributed by atoms with E-state index in [1.165, 1.54) is 24.3 Å². The average molecular weight is 256 g/mol. The molecule has 0 aliphatic heterocycles. The summed E-state index contributed by atoms with van der Waals surface area (Å²) in [5.41, 5.74) is 5.61. The molecule has 1 amide bonds. The highest BCUT2D eigenvalue weighted by Crippen LogP contribution is 2.14. The first-order chi connectivity index (χ1) is 8.63. The Bertz CT molecular complexity index is 405. The molecule has 1 aromatic rings. The quantitative estimate of drug-likeness (QED) is 0.759. The number of halogens is 2. The first kappa shape index (κ1) is 14.1. The fraction of sp³-hybridized carbons (Fsp3) is 0.250. The van der Waals surface area contributed by atoms with E-state index < -0.39 is 6.61 Å². The van der Waals surface area contributed by atoms with Crippen molar-refractivity contribution in [2.75, 3.05) is 13.1 Å². The molecule has 0 heterocycles. The predicted molar refractivity (Wildman–Crippen MR) is 63.6 cm³/mol. The molecule has 0 saturated carbocycles. The van der Waals surface area contributed by atoms with Gasteiger partial charge in [0.05, 0.1) is 0 Å². The molecule has 0 atom stereocenters. The Morgan fingerprint density at radius 3 is 2.56 bits per heavy atom. The zero-order chi connectivity index (χ0) is 13.4. The Hall–Kier alpha value is -1.95. The fourth-order valence-corrected chi connectivity index (χ4v) is 1.22. The van der Waals surface area contributed by atoms with Gasteiger partial charge in [-0.25, -0.2) is 0 Å². The van der Waals surface area contributed by atoms with E-state index >= 15 is 0 Å². The number of carbonyl (C=O) groups excluding carboxylic acids is 1. The Kier molecular flexibility index (Phi) is 5.79. The van der Waals surface area contributed by atoms with Crippen LogP contribution in [0.3, 0.4) is 0 Å². The van der Waals surface area contributed by atoms with E-state index in [4.69, 9.17) is 5.73 Å². The topological polar surface area (TPSA) is 64.3 Å². The average Bonchev–Trinajstić information content (AvgIpc) is 2.34. The van der Waals surface area contributed by atoms with Crippen LogP contribution < -0.4 is 15.8 Å². The van der Waals surface area contributed by atoms with Crippen LogP contribution in [-0.4, -0.2) is 25.6 Å². The fourth-order valence-electron chi connectivity index (χ4n) is 1.22. The molecule has 4 nitrogen and oxygen atoms in total. The number of carbonyl (C=O) groups is 1. The molecular formula is C12H14F2N2O2. The van der Waals surface area contributed by atoms with Gasteiger partial charge in [-0.3, -0.25) is 4.79 Å². The highest BCUT2D eigenvalue weighted by Gasteiger charge is 2.06. The van der Waals surface area contributed by atoms with Crippen LogP contribution in [0.15, 0.2) is 36.4 Å². The maximum atomic E-state index is 11.9. The van der Waals surface area contributed by atoms with E-state index in [9.17, 15) is 13.6 Å². The molecule has 0 radical (unpaired) electrons. The van der Waals surface area contributed by atoms with Crippen LogP contribution in [0.2, 0.25) is 0 Å². The lowest BCUT2D eigenvalue weighted by Crippen LogP contribution is -2.23. The van der Waals surface area contributed by atoms with E-state index in [1.807, 2.05) is 0 Å². The van der Waals surface area contributed by atoms with Gasteiger partial charge in [0, 0.05) is 18.7 Å². The summed E-state index contributed by atoms with van der Waals surface area (Å²) < 4.78 is 28.0. The van der Waals surface area contributed by atoms with Crippen LogP contribution in [0.4, 0.5) is 8.78 Å². The second-order valence-electron chi connectivity index (χ2n) is 3.32. The Morgan fingerprint density at radius 1 is 1.33 bits per heavy atom. The summed E-state index contributed by atoms with van der Waals surface area (Å²) in [6.45, 7) is -2.09. The first-order valence-electron chi connectivity index (χ1n) is 5.31. The molecule has 0 spiro atoms. The van der Waals surface area contributed by atoms with Crippen LogP contribution in [0.25, 0.3) is 0 Å². The minimum Gasteiger partial charge on any atom is -0.435 e. The first-order valence-corrected chi connectivity index (χ1v) is 5.31. The molecular weight excluding hydrogens is 242 g/mol. The minimum absolute atomic E-state index is 0.0181. The van der Waals surface area contributed by atoms with Crippen LogP contribution >= 0.6 is 0 Å². The summed E-state index contributed by atoms with van der Waals surface area (Å²) in [5.74, 6) is -0.273. The van der Waals surface area contributed by atoms with Crippen molar-refractivity contribution in [1.82, 2.24) is 5.32 Å². The normalized spacial score (nSPS) is 10.9. The summed E-state index contributed by atoms with van der Waals surface area (Å²) in [4.78, 5) is 11.6. The lowest BCUT2D eigenvalue weighted by Gasteiger charge is -2.05. The second kappa shape index (κ2) is 7.39. The number of benzene rings is 1. The van der Waals surface area contributed by atoms with Crippen molar-refractivity contribution in [3.05, 3.63) is 42.0 Å². The zero-order valence-electron chi connectivity index (χ0n) is 9.61. The molecule has 0 saturated heterocycles. The van der Waals surface area contributed by atoms with Crippen LogP contribution in [-0.2, 0) is 0 Å². The number of hydrogen-bond acceptors (Lipinski definition) is 3. The number of nitrogens with two attached hydrogens (primary N) is 1. The molecule has 0 fully saturated rings. The van der Waals surface area contributed by atoms with Gasteiger partial charge in [-0.15, -0.1) is 0 Å². The molecule has 3 N–H and O–H groups in total. The van der Waals surface area contributed by atoms with Gasteiger partial charge in [-0.1, -0.05) is 12.2 Å². The highest BCUT2D eigenvalue weighted by molar-refractivity contribution is 5.94. The summed E-state index contributed by atoms with van der Waals surface area (Å²) in [6.07, 6.45) is 3.45. The van der Waals surface area contributed by atoms with E-state index in [-0.39, 0.29) is 11.7 Å². The van der Waals surface area contributed by atoms with Crippen molar-refractivity contribution in [2.24, 2.45) is 5.73 Å². The molecule has 18 heavy (non-hydrogen) atoms. The van der Waals surface area contributed by atoms with E-state index in [1.54, 1.807) is 12.2 Å². The van der Waals surface area contributed by atoms with Crippen molar-refractivity contribution in [1.29, 1.82) is 0 Å². The third-order valence-electron chi connectivity index (χ3n) is 2.02. The van der Waals surface area contributed by atoms with Gasteiger partial charge in [0.15, 0.2) is 0 Å². The van der Waals surface area contributed by atoms with Gasteiger partial charge in [0.25, 0.3) is 5.91 Å². The van der Waals surface area contributed by atoms with Crippen LogP contribution in [0, 0.1) is 0 Å². The third-order valence-corrected chi connectivity index (χ3v) is 2.02. The van der Waals surface area contributed by atoms with Crippen molar-refractivity contribution in [3.8, 4) is 5.75 Å². The number of rotatable bonds is 6. The molecule has 98 valence electrons. The lowest BCUT2D eigenvalue weighted by molar-refractivity contribution is -0.0498. The van der Waals surface area contributed by atoms with Gasteiger partial charge in [0.2, 0.25) is 0 Å². The maximum Gasteiger partial charge on any atom is 0.387 e. The molecule has 0 aliphatic carbocycles. The lowest BCUT2D eigenvalue weighted by atomic mass is 10.2. The van der Waals surface area contributed by atoms with Crippen molar-refractivity contribution >= 4 is 5.91 Å². The van der Waals surface area contributed by atoms with Gasteiger partial charge in [0.1, 0.15) is 5.75 Å². The predicted octanol–water partition coefficient (Wildman–Crippen LogP) is 1.53. The number of ether oxygens (including phenoxy) is 1. The summed E-state index contributed by atoms with van der Waals surface area (Å²) in [7, 11) is 0. The van der Waals surface area contributed by atoms with Gasteiger partial charge < -0.3 is 15.8 Å². The number of hydrogen-bond donors (Lipinski definition) is 2. The maximum absolute atomic E-state index is 11.9. The molecule has 1 rings (SSSR count). The second-order valence-corrected chi connectivity index (χ2v) is 3.32. The third kappa shape index (κ3) is 4.92. The summed E-state index contributed by atoms with van der Waals surface area (Å²) in [5, 5.41) is 2.62. The minimum atomic E-state index is -2.87. The highest BCUT2D eigenvalue weighted by atomic mass is 19.3. The van der Waals surface area contributed by atoms with Gasteiger partial charge in [-0.05, 0) is 24.3 Å². The molecule has 6 heteroatoms. The monoisotopic (exact) mass is 256 g/mol. The van der Waals surface area contributed by atoms with Crippen LogP contribution in [0.5, 0.6) is 5.75 Å². The van der Waals surface area contributed by atoms with E-state index in [0.717, 1.165) is 0 Å². The van der Waals surface area contributed by atoms with Crippen molar-refractivity contribution < 1.29 is 18.3 Å². The Balaban J connectivity index is 2.51. The number of nitrogens with one attached hydrogen (secondary N) is 1. The zero-order valence-corrected chi connectivity index (χ0v) is 9.61. The standard InChI is InChI=1S/C12H14F2N2O2/c13-12(14)18-10-5-3-9(4-6-10)11(17)16-8-2-1-7-15/h1-6,12H,7-8,15H2,(H,16,17)/b2-1+. The molecule has 0 bridgehead atoms. The SMILES string of the molecule is NC/C=C/CNC(=O)c1ccc(OC(F)F)cc1. The molecule has 0 aromatic heterocycles. The van der Waals surface area contributed by atoms with Crippen molar-refractivity contribution in [3.63, 3.8) is 0 Å². The largest absolute Gasteiger partial charge is 0.435 e. The summed E-state index contributed by atoms with van der Waals surface area (Å²) in [6, 6.07) is 5.47. The summed E-state index contributed by atoms with van der Waals surface area (Å²) >= 11 is 0. The van der Waals surface area contributed by atoms with Crippen molar-refractivity contribution in [2.45, 2.75) is 6.61 Å². The van der Waals surface area contributed by atoms with E-state index in [0.29, 0.717) is 18.7 Å². The van der Waals surface area contributed by atoms with Gasteiger partial charge in [-0.2, -0.15) is 8.78 Å². The Labute approximate surface area is 103 Å². The molecule has 0 unspecified atom stereocenters. The molecule has 1 aromatic carbocycles. The molecule has 0 aliphatic rings. The number of alkyl halides is 2. The number of amides is 1. The van der Waals surface area contributed by atoms with Gasteiger partial charge >= 0.3 is 6.61 Å². The van der Waals surface area contributed by atoms with E-state index in [2.05, 4.69) is 10.1 Å². The smallest absolute Gasteiger partial charge is 0.387 e. The van der Waals surface area contributed by atoms with Crippen LogP contribution in [0.1, 0.15) is 10.4 Å². The Morgan fingerprint density at radius 2 is 2.00 bits per heavy atom.